The molecular weight excluding hydrogens is 156 g/mol. The lowest BCUT2D eigenvalue weighted by molar-refractivity contribution is 0.180. The molecule has 0 fully saturated rings. The molecule has 4 nitrogen and oxygen atoms in total. The van der Waals surface area contributed by atoms with Crippen molar-refractivity contribution in [2.24, 2.45) is 5.41 Å². The van der Waals surface area contributed by atoms with E-state index >= 15 is 0 Å². The van der Waals surface area contributed by atoms with Crippen molar-refractivity contribution in [3.63, 3.8) is 0 Å². The second kappa shape index (κ2) is 4.30. The number of carboxylic acid groups (broad SMARTS) is 1. The summed E-state index contributed by atoms with van der Waals surface area (Å²) < 4.78 is 0. The molecule has 1 amide bonds. The lowest BCUT2D eigenvalue weighted by atomic mass is 9.93. The first-order valence-electron chi connectivity index (χ1n) is 3.95. The third-order valence-electron chi connectivity index (χ3n) is 1.46. The maximum atomic E-state index is 10.2. The van der Waals surface area contributed by atoms with Gasteiger partial charge >= 0.3 is 6.09 Å². The maximum Gasteiger partial charge on any atom is 0.404 e. The van der Waals surface area contributed by atoms with Gasteiger partial charge in [0.1, 0.15) is 0 Å². The highest BCUT2D eigenvalue weighted by Crippen LogP contribution is 2.13. The van der Waals surface area contributed by atoms with Crippen LogP contribution in [0, 0.1) is 5.41 Å². The van der Waals surface area contributed by atoms with Crippen LogP contribution in [0.15, 0.2) is 0 Å². The number of hydrogen-bond donors (Lipinski definition) is 2. The molecule has 4 heteroatoms. The predicted molar refractivity (Wildman–Crippen MR) is 48.4 cm³/mol. The fourth-order valence-corrected chi connectivity index (χ4v) is 1.23. The van der Waals surface area contributed by atoms with E-state index in [2.05, 4.69) is 5.32 Å². The average Bonchev–Trinajstić information content (AvgIpc) is 1.81. The molecule has 0 bridgehead atoms. The molecule has 0 radical (unpaired) electrons. The summed E-state index contributed by atoms with van der Waals surface area (Å²) in [6.45, 7) is 5.42. The largest absolute Gasteiger partial charge is 0.465 e. The first kappa shape index (κ1) is 11.2. The maximum absolute atomic E-state index is 10.2. The van der Waals surface area contributed by atoms with Crippen LogP contribution in [0.2, 0.25) is 0 Å². The Balaban J connectivity index is 3.78. The van der Waals surface area contributed by atoms with Crippen LogP contribution < -0.4 is 5.32 Å². The minimum absolute atomic E-state index is 0.0120. The Morgan fingerprint density at radius 1 is 1.50 bits per heavy atom. The summed E-state index contributed by atoms with van der Waals surface area (Å²) >= 11 is 0. The molecule has 72 valence electrons. The van der Waals surface area contributed by atoms with Gasteiger partial charge in [0.05, 0.1) is 0 Å². The Kier molecular flexibility index (Phi) is 4.03. The minimum Gasteiger partial charge on any atom is -0.465 e. The van der Waals surface area contributed by atoms with Gasteiger partial charge in [0.15, 0.2) is 0 Å². The van der Waals surface area contributed by atoms with E-state index in [9.17, 15) is 4.79 Å². The topological polar surface area (TPSA) is 52.6 Å². The van der Waals surface area contributed by atoms with E-state index in [4.69, 9.17) is 5.11 Å². The Labute approximate surface area is 73.6 Å². The van der Waals surface area contributed by atoms with Crippen LogP contribution in [-0.2, 0) is 0 Å². The van der Waals surface area contributed by atoms with Crippen LogP contribution in [0.1, 0.15) is 13.8 Å². The zero-order valence-corrected chi connectivity index (χ0v) is 8.22. The van der Waals surface area contributed by atoms with Crippen LogP contribution in [0.3, 0.4) is 0 Å². The summed E-state index contributed by atoms with van der Waals surface area (Å²) in [4.78, 5) is 12.3. The van der Waals surface area contributed by atoms with Crippen molar-refractivity contribution in [2.45, 2.75) is 13.8 Å². The summed E-state index contributed by atoms with van der Waals surface area (Å²) in [5.74, 6) is 0. The van der Waals surface area contributed by atoms with Gasteiger partial charge < -0.3 is 15.3 Å². The molecule has 0 atom stereocenters. The molecule has 0 heterocycles. The van der Waals surface area contributed by atoms with Crippen molar-refractivity contribution in [2.75, 3.05) is 27.2 Å². The predicted octanol–water partition coefficient (Wildman–Crippen LogP) is 0.842. The summed E-state index contributed by atoms with van der Waals surface area (Å²) in [7, 11) is 3.95. The zero-order chi connectivity index (χ0) is 9.78. The van der Waals surface area contributed by atoms with E-state index in [1.165, 1.54) is 0 Å². The summed E-state index contributed by atoms with van der Waals surface area (Å²) in [6.07, 6.45) is -0.957. The minimum atomic E-state index is -0.957. The lowest BCUT2D eigenvalue weighted by Gasteiger charge is -2.27. The third-order valence-corrected chi connectivity index (χ3v) is 1.46. The average molecular weight is 174 g/mol. The second-order valence-electron chi connectivity index (χ2n) is 4.06. The molecule has 0 rings (SSSR count). The van der Waals surface area contributed by atoms with E-state index in [0.717, 1.165) is 6.54 Å². The van der Waals surface area contributed by atoms with E-state index in [1.807, 2.05) is 32.8 Å². The van der Waals surface area contributed by atoms with Crippen molar-refractivity contribution in [1.82, 2.24) is 10.2 Å². The third kappa shape index (κ3) is 5.97. The number of nitrogens with one attached hydrogen (secondary N) is 1. The summed E-state index contributed by atoms with van der Waals surface area (Å²) in [6, 6.07) is 0. The standard InChI is InChI=1S/C8H18N2O2/c1-8(2,6-10(3)4)5-9-7(11)12/h9H,5-6H2,1-4H3,(H,11,12). The first-order valence-corrected chi connectivity index (χ1v) is 3.95. The van der Waals surface area contributed by atoms with Crippen LogP contribution in [-0.4, -0.2) is 43.3 Å². The van der Waals surface area contributed by atoms with Crippen molar-refractivity contribution in [1.29, 1.82) is 0 Å². The number of rotatable bonds is 4. The molecule has 0 aromatic rings. The number of hydrogen-bond acceptors (Lipinski definition) is 2. The van der Waals surface area contributed by atoms with Crippen LogP contribution >= 0.6 is 0 Å². The van der Waals surface area contributed by atoms with Gasteiger partial charge in [-0.05, 0) is 19.5 Å². The Morgan fingerprint density at radius 2 is 2.00 bits per heavy atom. The molecule has 0 aliphatic heterocycles. The monoisotopic (exact) mass is 174 g/mol. The van der Waals surface area contributed by atoms with Crippen LogP contribution in [0.5, 0.6) is 0 Å². The number of carbonyl (C=O) groups is 1. The fourth-order valence-electron chi connectivity index (χ4n) is 1.23. The Morgan fingerprint density at radius 3 is 2.33 bits per heavy atom. The molecular formula is C8H18N2O2. The normalized spacial score (nSPS) is 11.8. The van der Waals surface area contributed by atoms with E-state index < -0.39 is 6.09 Å². The van der Waals surface area contributed by atoms with Crippen LogP contribution in [0.4, 0.5) is 4.79 Å². The molecule has 0 spiro atoms. The van der Waals surface area contributed by atoms with Gasteiger partial charge in [0.25, 0.3) is 0 Å². The van der Waals surface area contributed by atoms with Crippen molar-refractivity contribution < 1.29 is 9.90 Å². The van der Waals surface area contributed by atoms with Crippen molar-refractivity contribution >= 4 is 6.09 Å². The molecule has 0 aliphatic rings. The van der Waals surface area contributed by atoms with Gasteiger partial charge in [-0.1, -0.05) is 13.8 Å². The van der Waals surface area contributed by atoms with E-state index in [1.54, 1.807) is 0 Å². The first-order chi connectivity index (χ1) is 5.33. The van der Waals surface area contributed by atoms with Gasteiger partial charge in [0.2, 0.25) is 0 Å². The van der Waals surface area contributed by atoms with Crippen molar-refractivity contribution in [3.8, 4) is 0 Å². The van der Waals surface area contributed by atoms with E-state index in [0.29, 0.717) is 6.54 Å². The van der Waals surface area contributed by atoms with Gasteiger partial charge in [-0.25, -0.2) is 4.79 Å². The van der Waals surface area contributed by atoms with Gasteiger partial charge in [-0.2, -0.15) is 0 Å². The molecule has 2 N–H and O–H groups in total. The van der Waals surface area contributed by atoms with Crippen LogP contribution in [0.25, 0.3) is 0 Å². The molecule has 0 aromatic heterocycles. The second-order valence-corrected chi connectivity index (χ2v) is 4.06. The van der Waals surface area contributed by atoms with Gasteiger partial charge in [-0.3, -0.25) is 0 Å². The smallest absolute Gasteiger partial charge is 0.404 e. The number of amides is 1. The molecule has 0 unspecified atom stereocenters. The van der Waals surface area contributed by atoms with Gasteiger partial charge in [-0.15, -0.1) is 0 Å². The zero-order valence-electron chi connectivity index (χ0n) is 8.22. The molecule has 0 aliphatic carbocycles. The molecule has 0 saturated carbocycles. The highest BCUT2D eigenvalue weighted by molar-refractivity contribution is 5.64. The van der Waals surface area contributed by atoms with Gasteiger partial charge in [0, 0.05) is 13.1 Å². The molecule has 0 aromatic carbocycles. The molecule has 12 heavy (non-hydrogen) atoms. The molecule has 0 saturated heterocycles. The van der Waals surface area contributed by atoms with Crippen molar-refractivity contribution in [3.05, 3.63) is 0 Å². The van der Waals surface area contributed by atoms with E-state index in [-0.39, 0.29) is 5.41 Å². The Bertz CT molecular complexity index is 155. The quantitative estimate of drug-likeness (QED) is 0.664. The number of nitrogens with zero attached hydrogens (tertiary/aromatic N) is 1. The lowest BCUT2D eigenvalue weighted by Crippen LogP contribution is -2.39. The highest BCUT2D eigenvalue weighted by Gasteiger charge is 2.19. The Hall–Kier alpha value is -0.770. The summed E-state index contributed by atoms with van der Waals surface area (Å²) in [5, 5.41) is 10.8. The SMILES string of the molecule is CN(C)CC(C)(C)CNC(=O)O. The highest BCUT2D eigenvalue weighted by atomic mass is 16.4. The summed E-state index contributed by atoms with van der Waals surface area (Å²) in [5.41, 5.74) is -0.0120. The fraction of sp³-hybridized carbons (Fsp3) is 0.875.